The normalized spacial score (nSPS) is 16.1. The number of benzene rings is 1. The van der Waals surface area contributed by atoms with Crippen LogP contribution in [0.25, 0.3) is 0 Å². The van der Waals surface area contributed by atoms with E-state index in [0.717, 1.165) is 6.92 Å². The van der Waals surface area contributed by atoms with Crippen LogP contribution in [0.1, 0.15) is 19.4 Å². The van der Waals surface area contributed by atoms with Crippen LogP contribution in [-0.4, -0.2) is 60.4 Å². The monoisotopic (exact) mass is 565 g/mol. The Morgan fingerprint density at radius 2 is 1.32 bits per heavy atom. The van der Waals surface area contributed by atoms with Crippen molar-refractivity contribution in [2.24, 2.45) is 0 Å². The molecule has 0 aliphatic rings. The first-order chi connectivity index (χ1) is 16.6. The van der Waals surface area contributed by atoms with Crippen molar-refractivity contribution in [1.82, 2.24) is 5.32 Å². The van der Waals surface area contributed by atoms with Crippen molar-refractivity contribution in [3.05, 3.63) is 48.0 Å². The zero-order valence-corrected chi connectivity index (χ0v) is 18.8. The van der Waals surface area contributed by atoms with Crippen LogP contribution in [-0.2, 0) is 16.0 Å². The molecule has 0 bridgehead atoms. The van der Waals surface area contributed by atoms with Crippen LogP contribution in [0.3, 0.4) is 0 Å². The summed E-state index contributed by atoms with van der Waals surface area (Å²) in [6.45, 7) is 1.76. The van der Waals surface area contributed by atoms with Crippen molar-refractivity contribution in [1.29, 1.82) is 0 Å². The van der Waals surface area contributed by atoms with Crippen molar-refractivity contribution in [2.75, 3.05) is 6.61 Å². The third-order valence-electron chi connectivity index (χ3n) is 4.97. The van der Waals surface area contributed by atoms with Gasteiger partial charge in [-0.3, -0.25) is 10.1 Å². The predicted octanol–water partition coefficient (Wildman–Crippen LogP) is 6.43. The summed E-state index contributed by atoms with van der Waals surface area (Å²) in [4.78, 5) is 12.2. The van der Waals surface area contributed by atoms with E-state index in [-0.39, 0.29) is 18.2 Å². The van der Waals surface area contributed by atoms with Crippen LogP contribution < -0.4 is 5.32 Å². The van der Waals surface area contributed by atoms with Crippen LogP contribution in [0.5, 0.6) is 0 Å². The van der Waals surface area contributed by atoms with Crippen molar-refractivity contribution in [3.8, 4) is 0 Å². The van der Waals surface area contributed by atoms with Crippen molar-refractivity contribution < 1.29 is 66.6 Å². The van der Waals surface area contributed by atoms with Crippen LogP contribution in [0.2, 0.25) is 0 Å². The van der Waals surface area contributed by atoms with Crippen LogP contribution in [0, 0.1) is 0 Å². The zero-order valence-electron chi connectivity index (χ0n) is 18.8. The van der Waals surface area contributed by atoms with E-state index in [4.69, 9.17) is 0 Å². The average molecular weight is 565 g/mol. The fourth-order valence-electron chi connectivity index (χ4n) is 2.97. The Morgan fingerprint density at radius 1 is 0.838 bits per heavy atom. The Kier molecular flexibility index (Phi) is 9.73. The molecule has 1 aromatic carbocycles. The van der Waals surface area contributed by atoms with Gasteiger partial charge in [-0.15, -0.1) is 0 Å². The maximum atomic E-state index is 14.8. The Morgan fingerprint density at radius 3 is 1.76 bits per heavy atom. The van der Waals surface area contributed by atoms with Gasteiger partial charge in [0.2, 0.25) is 0 Å². The molecule has 0 unspecified atom stereocenters. The number of esters is 1. The SMILES string of the molecule is C/C=C/[C@@H](N[C@@H](Cc1ccccc1)C(=O)OCC)C(F)(F)C(F)(F)C(F)(F)C(F)(F)C(F)(F)C(F)(F)F. The first kappa shape index (κ1) is 32.5. The Labute approximate surface area is 201 Å². The number of alkyl halides is 13. The molecule has 0 aliphatic heterocycles. The molecule has 3 nitrogen and oxygen atoms in total. The van der Waals surface area contributed by atoms with Gasteiger partial charge in [0.1, 0.15) is 6.04 Å². The molecular formula is C21H20F13NO2. The van der Waals surface area contributed by atoms with E-state index in [1.807, 2.05) is 0 Å². The van der Waals surface area contributed by atoms with Gasteiger partial charge in [-0.05, 0) is 25.8 Å². The number of carbonyl (C=O) groups is 1. The highest BCUT2D eigenvalue weighted by molar-refractivity contribution is 5.76. The minimum absolute atomic E-state index is 0.0151. The number of carbonyl (C=O) groups excluding carboxylic acids is 1. The van der Waals surface area contributed by atoms with E-state index >= 15 is 0 Å². The number of hydrogen-bond donors (Lipinski definition) is 1. The maximum Gasteiger partial charge on any atom is 0.460 e. The number of hydrogen-bond acceptors (Lipinski definition) is 3. The number of rotatable bonds is 12. The number of nitrogens with one attached hydrogen (secondary N) is 1. The van der Waals surface area contributed by atoms with Gasteiger partial charge in [0.05, 0.1) is 12.6 Å². The molecule has 0 saturated heterocycles. The largest absolute Gasteiger partial charge is 0.465 e. The molecule has 0 aromatic heterocycles. The van der Waals surface area contributed by atoms with Gasteiger partial charge < -0.3 is 4.74 Å². The highest BCUT2D eigenvalue weighted by Crippen LogP contribution is 2.60. The summed E-state index contributed by atoms with van der Waals surface area (Å²) in [5.74, 6) is -39.1. The quantitative estimate of drug-likeness (QED) is 0.180. The molecule has 2 atom stereocenters. The summed E-state index contributed by atoms with van der Waals surface area (Å²) >= 11 is 0. The molecule has 0 heterocycles. The number of halogens is 13. The summed E-state index contributed by atoms with van der Waals surface area (Å²) in [6.07, 6.45) is -7.54. The minimum atomic E-state index is -8.02. The highest BCUT2D eigenvalue weighted by Gasteiger charge is 2.91. The second kappa shape index (κ2) is 11.1. The lowest BCUT2D eigenvalue weighted by Crippen LogP contribution is -2.72. The van der Waals surface area contributed by atoms with E-state index < -0.39 is 60.3 Å². The van der Waals surface area contributed by atoms with Gasteiger partial charge in [0.25, 0.3) is 0 Å². The molecule has 0 aliphatic carbocycles. The van der Waals surface area contributed by atoms with Crippen molar-refractivity contribution in [2.45, 2.75) is 68.1 Å². The third kappa shape index (κ3) is 5.98. The Balaban J connectivity index is 3.56. The second-order valence-corrected chi connectivity index (χ2v) is 7.58. The molecule has 1 aromatic rings. The fraction of sp³-hybridized carbons (Fsp3) is 0.571. The van der Waals surface area contributed by atoms with Gasteiger partial charge in [-0.1, -0.05) is 42.5 Å². The average Bonchev–Trinajstić information content (AvgIpc) is 2.77. The van der Waals surface area contributed by atoms with E-state index in [0.29, 0.717) is 6.08 Å². The van der Waals surface area contributed by atoms with Gasteiger partial charge in [-0.25, -0.2) is 0 Å². The minimum Gasteiger partial charge on any atom is -0.465 e. The highest BCUT2D eigenvalue weighted by atomic mass is 19.4. The molecule has 0 amide bonds. The molecule has 0 spiro atoms. The molecule has 1 rings (SSSR count). The van der Waals surface area contributed by atoms with Gasteiger partial charge in [-0.2, -0.15) is 57.1 Å². The Bertz CT molecular complexity index is 930. The van der Waals surface area contributed by atoms with Gasteiger partial charge >= 0.3 is 41.8 Å². The first-order valence-corrected chi connectivity index (χ1v) is 10.2. The molecule has 1 N–H and O–H groups in total. The molecule has 16 heteroatoms. The molecule has 0 fully saturated rings. The summed E-state index contributed by atoms with van der Waals surface area (Å²) in [7, 11) is 0. The fourth-order valence-corrected chi connectivity index (χ4v) is 2.97. The van der Waals surface area contributed by atoms with Crippen LogP contribution in [0.4, 0.5) is 57.1 Å². The van der Waals surface area contributed by atoms with Crippen LogP contribution in [0.15, 0.2) is 42.5 Å². The first-order valence-electron chi connectivity index (χ1n) is 10.2. The van der Waals surface area contributed by atoms with Gasteiger partial charge in [0, 0.05) is 0 Å². The third-order valence-corrected chi connectivity index (χ3v) is 4.97. The Hall–Kier alpha value is -2.52. The smallest absolute Gasteiger partial charge is 0.460 e. The molecule has 37 heavy (non-hydrogen) atoms. The standard InChI is InChI=1S/C21H20F13NO2/c1-3-8-14(35-13(15(36)37-4-2)11-12-9-6-5-7-10-12)16(22,23)17(24,25)18(26,27)19(28,29)20(30,31)21(32,33)34/h3,5-10,13-14,35H,4,11H2,1-2H3/b8-3+/t13-,14+/m0/s1. The van der Waals surface area contributed by atoms with E-state index in [2.05, 4.69) is 4.74 Å². The van der Waals surface area contributed by atoms with E-state index in [1.165, 1.54) is 37.3 Å². The molecular weight excluding hydrogens is 545 g/mol. The second-order valence-electron chi connectivity index (χ2n) is 7.58. The zero-order chi connectivity index (χ0) is 29.1. The van der Waals surface area contributed by atoms with E-state index in [1.54, 1.807) is 5.32 Å². The number of allylic oxidation sites excluding steroid dienone is 1. The topological polar surface area (TPSA) is 38.3 Å². The number of ether oxygens (including phenoxy) is 1. The van der Waals surface area contributed by atoms with Gasteiger partial charge in [0.15, 0.2) is 0 Å². The molecule has 0 radical (unpaired) electrons. The van der Waals surface area contributed by atoms with E-state index in [9.17, 15) is 61.9 Å². The summed E-state index contributed by atoms with van der Waals surface area (Å²) in [6, 6.07) is 1.52. The lowest BCUT2D eigenvalue weighted by molar-refractivity contribution is -0.440. The van der Waals surface area contributed by atoms with Crippen LogP contribution >= 0.6 is 0 Å². The lowest BCUT2D eigenvalue weighted by atomic mass is 9.89. The molecule has 212 valence electrons. The summed E-state index contributed by atoms with van der Waals surface area (Å²) < 4.78 is 181. The van der Waals surface area contributed by atoms with Crippen molar-refractivity contribution in [3.63, 3.8) is 0 Å². The lowest BCUT2D eigenvalue weighted by Gasteiger charge is -2.41. The van der Waals surface area contributed by atoms with Crippen molar-refractivity contribution >= 4 is 5.97 Å². The summed E-state index contributed by atoms with van der Waals surface area (Å²) in [5, 5.41) is 1.55. The summed E-state index contributed by atoms with van der Waals surface area (Å²) in [5.41, 5.74) is 0.198. The molecule has 0 saturated carbocycles. The predicted molar refractivity (Wildman–Crippen MR) is 103 cm³/mol. The maximum absolute atomic E-state index is 14.8.